The summed E-state index contributed by atoms with van der Waals surface area (Å²) in [4.78, 5) is 12.4. The highest BCUT2D eigenvalue weighted by molar-refractivity contribution is 5.08. The maximum Gasteiger partial charge on any atom is 0.0312 e. The van der Waals surface area contributed by atoms with Crippen LogP contribution < -0.4 is 0 Å². The molecule has 2 aromatic heterocycles. The lowest BCUT2D eigenvalue weighted by atomic mass is 10.2. The summed E-state index contributed by atoms with van der Waals surface area (Å²) in [5.74, 6) is 0. The zero-order valence-corrected chi connectivity index (χ0v) is 13.5. The van der Waals surface area contributed by atoms with Crippen molar-refractivity contribution < 1.29 is 0 Å². The standard InChI is InChI=1S/C9H14N2.C8H12N2/c1-11(2)7-5-9-4-3-6-10-8-9;1-10(2)7-8-4-3-5-9-6-8/h3-4,6,8H,5,7H2,1-2H3;3-6H,7H2,1-2H3. The van der Waals surface area contributed by atoms with E-state index in [1.807, 2.05) is 38.6 Å². The van der Waals surface area contributed by atoms with Gasteiger partial charge in [-0.3, -0.25) is 9.97 Å². The average molecular weight is 286 g/mol. The van der Waals surface area contributed by atoms with Crippen molar-refractivity contribution in [2.45, 2.75) is 13.0 Å². The molecule has 0 radical (unpaired) electrons. The molecular weight excluding hydrogens is 260 g/mol. The maximum atomic E-state index is 4.04. The smallest absolute Gasteiger partial charge is 0.0312 e. The van der Waals surface area contributed by atoms with E-state index in [0.717, 1.165) is 19.5 Å². The molecule has 2 heterocycles. The number of aromatic nitrogens is 2. The molecule has 0 fully saturated rings. The van der Waals surface area contributed by atoms with Crippen LogP contribution in [0.15, 0.2) is 49.1 Å². The van der Waals surface area contributed by atoms with Gasteiger partial charge in [0, 0.05) is 37.9 Å². The van der Waals surface area contributed by atoms with Crippen LogP contribution in [0.1, 0.15) is 11.1 Å². The summed E-state index contributed by atoms with van der Waals surface area (Å²) < 4.78 is 0. The van der Waals surface area contributed by atoms with Gasteiger partial charge in [0.05, 0.1) is 0 Å². The number of nitrogens with zero attached hydrogens (tertiary/aromatic N) is 4. The maximum absolute atomic E-state index is 4.04. The molecule has 4 heteroatoms. The van der Waals surface area contributed by atoms with Crippen LogP contribution in [-0.4, -0.2) is 54.5 Å². The van der Waals surface area contributed by atoms with Crippen molar-refractivity contribution in [3.63, 3.8) is 0 Å². The molecule has 0 saturated heterocycles. The Bertz CT molecular complexity index is 469. The van der Waals surface area contributed by atoms with Gasteiger partial charge in [-0.1, -0.05) is 12.1 Å². The summed E-state index contributed by atoms with van der Waals surface area (Å²) >= 11 is 0. The summed E-state index contributed by atoms with van der Waals surface area (Å²) in [5, 5.41) is 0. The van der Waals surface area contributed by atoms with E-state index in [4.69, 9.17) is 0 Å². The molecule has 2 aromatic rings. The Morgan fingerprint density at radius 3 is 1.81 bits per heavy atom. The molecule has 0 spiro atoms. The lowest BCUT2D eigenvalue weighted by Gasteiger charge is -2.07. The van der Waals surface area contributed by atoms with E-state index in [0.29, 0.717) is 0 Å². The van der Waals surface area contributed by atoms with Crippen molar-refractivity contribution in [3.8, 4) is 0 Å². The summed E-state index contributed by atoms with van der Waals surface area (Å²) in [6.45, 7) is 2.06. The summed E-state index contributed by atoms with van der Waals surface area (Å²) in [7, 11) is 8.26. The van der Waals surface area contributed by atoms with Crippen LogP contribution in [-0.2, 0) is 13.0 Å². The molecule has 2 rings (SSSR count). The van der Waals surface area contributed by atoms with Gasteiger partial charge in [-0.05, 0) is 57.9 Å². The molecule has 114 valence electrons. The molecule has 0 N–H and O–H groups in total. The topological polar surface area (TPSA) is 32.3 Å². The van der Waals surface area contributed by atoms with Gasteiger partial charge in [-0.2, -0.15) is 0 Å². The zero-order valence-electron chi connectivity index (χ0n) is 13.5. The third-order valence-electron chi connectivity index (χ3n) is 2.79. The Labute approximate surface area is 128 Å². The predicted molar refractivity (Wildman–Crippen MR) is 88.1 cm³/mol. The van der Waals surface area contributed by atoms with Crippen LogP contribution in [0.25, 0.3) is 0 Å². The van der Waals surface area contributed by atoms with Crippen molar-refractivity contribution >= 4 is 0 Å². The van der Waals surface area contributed by atoms with E-state index in [2.05, 4.69) is 46.0 Å². The molecule has 0 atom stereocenters. The minimum absolute atomic E-state index is 0.966. The highest BCUT2D eigenvalue weighted by Crippen LogP contribution is 1.97. The first-order chi connectivity index (χ1) is 10.1. The van der Waals surface area contributed by atoms with Crippen molar-refractivity contribution in [1.29, 1.82) is 0 Å². The van der Waals surface area contributed by atoms with Crippen LogP contribution in [0.4, 0.5) is 0 Å². The van der Waals surface area contributed by atoms with Crippen LogP contribution in [0.5, 0.6) is 0 Å². The van der Waals surface area contributed by atoms with Crippen LogP contribution in [0, 0.1) is 0 Å². The fraction of sp³-hybridized carbons (Fsp3) is 0.412. The van der Waals surface area contributed by atoms with Gasteiger partial charge in [0.25, 0.3) is 0 Å². The number of likely N-dealkylation sites (N-methyl/N-ethyl adjacent to an activating group) is 1. The Hall–Kier alpha value is -1.78. The van der Waals surface area contributed by atoms with Crippen molar-refractivity contribution in [2.24, 2.45) is 0 Å². The third-order valence-corrected chi connectivity index (χ3v) is 2.79. The van der Waals surface area contributed by atoms with E-state index in [9.17, 15) is 0 Å². The van der Waals surface area contributed by atoms with Crippen molar-refractivity contribution in [2.75, 3.05) is 34.7 Å². The average Bonchev–Trinajstić information content (AvgIpc) is 2.47. The van der Waals surface area contributed by atoms with E-state index in [1.54, 1.807) is 12.4 Å². The van der Waals surface area contributed by atoms with Crippen molar-refractivity contribution in [3.05, 3.63) is 60.2 Å². The summed E-state index contributed by atoms with van der Waals surface area (Å²) in [5.41, 5.74) is 2.56. The van der Waals surface area contributed by atoms with E-state index in [1.165, 1.54) is 11.1 Å². The molecule has 0 aliphatic carbocycles. The van der Waals surface area contributed by atoms with Crippen molar-refractivity contribution in [1.82, 2.24) is 19.8 Å². The first kappa shape index (κ1) is 17.3. The summed E-state index contributed by atoms with van der Waals surface area (Å²) in [6, 6.07) is 8.12. The second-order valence-corrected chi connectivity index (χ2v) is 5.51. The number of rotatable bonds is 5. The van der Waals surface area contributed by atoms with Gasteiger partial charge >= 0.3 is 0 Å². The van der Waals surface area contributed by atoms with E-state index < -0.39 is 0 Å². The van der Waals surface area contributed by atoms with Gasteiger partial charge in [0.2, 0.25) is 0 Å². The number of hydrogen-bond donors (Lipinski definition) is 0. The van der Waals surface area contributed by atoms with Gasteiger partial charge in [-0.25, -0.2) is 0 Å². The quantitative estimate of drug-likeness (QED) is 0.844. The molecule has 21 heavy (non-hydrogen) atoms. The number of hydrogen-bond acceptors (Lipinski definition) is 4. The van der Waals surface area contributed by atoms with Crippen LogP contribution in [0.2, 0.25) is 0 Å². The molecule has 0 amide bonds. The Morgan fingerprint density at radius 2 is 1.38 bits per heavy atom. The minimum Gasteiger partial charge on any atom is -0.309 e. The molecule has 0 aromatic carbocycles. The minimum atomic E-state index is 0.966. The Morgan fingerprint density at radius 1 is 0.810 bits per heavy atom. The lowest BCUT2D eigenvalue weighted by molar-refractivity contribution is 0.402. The van der Waals surface area contributed by atoms with Crippen LogP contribution in [0.3, 0.4) is 0 Å². The molecule has 0 unspecified atom stereocenters. The SMILES string of the molecule is CN(C)CCc1cccnc1.CN(C)Cc1cccnc1. The fourth-order valence-electron chi connectivity index (χ4n) is 1.76. The largest absolute Gasteiger partial charge is 0.309 e. The first-order valence-corrected chi connectivity index (χ1v) is 7.15. The van der Waals surface area contributed by atoms with Crippen LogP contribution >= 0.6 is 0 Å². The van der Waals surface area contributed by atoms with E-state index >= 15 is 0 Å². The lowest BCUT2D eigenvalue weighted by Crippen LogP contribution is -2.14. The molecule has 0 bridgehead atoms. The first-order valence-electron chi connectivity index (χ1n) is 7.15. The molecule has 0 aliphatic rings. The normalized spacial score (nSPS) is 10.4. The van der Waals surface area contributed by atoms with Gasteiger partial charge < -0.3 is 9.80 Å². The highest BCUT2D eigenvalue weighted by atomic mass is 15.1. The fourth-order valence-corrected chi connectivity index (χ4v) is 1.76. The third kappa shape index (κ3) is 8.89. The highest BCUT2D eigenvalue weighted by Gasteiger charge is 1.92. The van der Waals surface area contributed by atoms with Gasteiger partial charge in [0.1, 0.15) is 0 Å². The second-order valence-electron chi connectivity index (χ2n) is 5.51. The number of pyridine rings is 2. The molecule has 0 aliphatic heterocycles. The van der Waals surface area contributed by atoms with Gasteiger partial charge in [-0.15, -0.1) is 0 Å². The molecule has 4 nitrogen and oxygen atoms in total. The zero-order chi connectivity index (χ0) is 15.5. The predicted octanol–water partition coefficient (Wildman–Crippen LogP) is 2.33. The second kappa shape index (κ2) is 10.0. The Balaban J connectivity index is 0.000000211. The van der Waals surface area contributed by atoms with Gasteiger partial charge in [0.15, 0.2) is 0 Å². The monoisotopic (exact) mass is 286 g/mol. The summed E-state index contributed by atoms with van der Waals surface area (Å²) in [6.07, 6.45) is 8.49. The molecule has 0 saturated carbocycles. The van der Waals surface area contributed by atoms with E-state index in [-0.39, 0.29) is 0 Å². The molecular formula is C17H26N4. The Kier molecular flexibility index (Phi) is 8.24.